The van der Waals surface area contributed by atoms with Crippen molar-refractivity contribution in [1.82, 2.24) is 9.97 Å². The Hall–Kier alpha value is -2.30. The van der Waals surface area contributed by atoms with Gasteiger partial charge in [0.15, 0.2) is 5.82 Å². The summed E-state index contributed by atoms with van der Waals surface area (Å²) in [6, 6.07) is 10.3. The van der Waals surface area contributed by atoms with Crippen LogP contribution in [0.5, 0.6) is 5.88 Å². The van der Waals surface area contributed by atoms with Gasteiger partial charge in [0, 0.05) is 13.1 Å². The third-order valence-electron chi connectivity index (χ3n) is 3.03. The molecule has 2 N–H and O–H groups in total. The van der Waals surface area contributed by atoms with E-state index in [0.29, 0.717) is 11.6 Å². The van der Waals surface area contributed by atoms with Crippen LogP contribution in [-0.2, 0) is 6.54 Å². The van der Waals surface area contributed by atoms with Crippen LogP contribution in [0.15, 0.2) is 36.7 Å². The second kappa shape index (κ2) is 6.75. The molecule has 0 amide bonds. The molecule has 0 aliphatic heterocycles. The molecule has 5 nitrogen and oxygen atoms in total. The molecule has 0 atom stereocenters. The highest BCUT2D eigenvalue weighted by Crippen LogP contribution is 2.28. The van der Waals surface area contributed by atoms with Crippen molar-refractivity contribution >= 4 is 11.5 Å². The van der Waals surface area contributed by atoms with E-state index in [1.807, 2.05) is 18.2 Å². The molecule has 0 saturated heterocycles. The van der Waals surface area contributed by atoms with E-state index in [1.54, 1.807) is 7.11 Å². The van der Waals surface area contributed by atoms with Gasteiger partial charge in [0.2, 0.25) is 5.88 Å². The van der Waals surface area contributed by atoms with Crippen molar-refractivity contribution in [2.24, 2.45) is 0 Å². The van der Waals surface area contributed by atoms with Crippen LogP contribution >= 0.6 is 0 Å². The molecule has 0 spiro atoms. The smallest absolute Gasteiger partial charge is 0.242 e. The summed E-state index contributed by atoms with van der Waals surface area (Å²) in [7, 11) is 1.56. The van der Waals surface area contributed by atoms with Gasteiger partial charge in [-0.25, -0.2) is 4.98 Å². The first-order chi connectivity index (χ1) is 9.76. The minimum absolute atomic E-state index is 0.421. The molecule has 0 unspecified atom stereocenters. The zero-order chi connectivity index (χ0) is 14.4. The van der Waals surface area contributed by atoms with Crippen molar-refractivity contribution in [3.8, 4) is 5.88 Å². The van der Waals surface area contributed by atoms with Crippen LogP contribution in [-0.4, -0.2) is 23.6 Å². The molecule has 2 aromatic rings. The highest BCUT2D eigenvalue weighted by molar-refractivity contribution is 5.67. The third kappa shape index (κ3) is 3.17. The van der Waals surface area contributed by atoms with Crippen LogP contribution < -0.4 is 15.4 Å². The number of hydrogen-bond donors (Lipinski definition) is 1. The molecule has 0 saturated carbocycles. The van der Waals surface area contributed by atoms with Crippen molar-refractivity contribution in [2.45, 2.75) is 19.9 Å². The van der Waals surface area contributed by atoms with Crippen LogP contribution in [0.25, 0.3) is 0 Å². The number of benzene rings is 1. The lowest BCUT2D eigenvalue weighted by atomic mass is 10.2. The SMILES string of the molecule is CCCN(Cc1ccccc1)c1ncnc(OC)c1N. The van der Waals surface area contributed by atoms with E-state index in [9.17, 15) is 0 Å². The van der Waals surface area contributed by atoms with Crippen LogP contribution in [0.3, 0.4) is 0 Å². The lowest BCUT2D eigenvalue weighted by molar-refractivity contribution is 0.399. The maximum Gasteiger partial charge on any atom is 0.242 e. The summed E-state index contributed by atoms with van der Waals surface area (Å²) in [6.45, 7) is 3.77. The van der Waals surface area contributed by atoms with E-state index >= 15 is 0 Å². The molecule has 20 heavy (non-hydrogen) atoms. The molecule has 106 valence electrons. The van der Waals surface area contributed by atoms with Gasteiger partial charge in [0.25, 0.3) is 0 Å². The monoisotopic (exact) mass is 272 g/mol. The molecule has 0 aliphatic carbocycles. The van der Waals surface area contributed by atoms with E-state index in [-0.39, 0.29) is 0 Å². The summed E-state index contributed by atoms with van der Waals surface area (Å²) >= 11 is 0. The Bertz CT molecular complexity index is 545. The van der Waals surface area contributed by atoms with Crippen molar-refractivity contribution in [2.75, 3.05) is 24.3 Å². The second-order valence-electron chi connectivity index (χ2n) is 4.53. The van der Waals surface area contributed by atoms with Gasteiger partial charge in [-0.05, 0) is 12.0 Å². The number of methoxy groups -OCH3 is 1. The first kappa shape index (κ1) is 14.1. The number of ether oxygens (including phenoxy) is 1. The number of nitrogens with zero attached hydrogens (tertiary/aromatic N) is 3. The quantitative estimate of drug-likeness (QED) is 0.875. The summed E-state index contributed by atoms with van der Waals surface area (Å²) < 4.78 is 5.16. The Labute approximate surface area is 119 Å². The van der Waals surface area contributed by atoms with Gasteiger partial charge in [-0.2, -0.15) is 4.98 Å². The summed E-state index contributed by atoms with van der Waals surface area (Å²) in [5.41, 5.74) is 7.79. The van der Waals surface area contributed by atoms with E-state index < -0.39 is 0 Å². The topological polar surface area (TPSA) is 64.3 Å². The fraction of sp³-hybridized carbons (Fsp3) is 0.333. The largest absolute Gasteiger partial charge is 0.479 e. The van der Waals surface area contributed by atoms with Gasteiger partial charge in [-0.3, -0.25) is 0 Å². The zero-order valence-corrected chi connectivity index (χ0v) is 11.9. The number of rotatable bonds is 6. The van der Waals surface area contributed by atoms with Crippen LogP contribution in [0, 0.1) is 0 Å². The number of aromatic nitrogens is 2. The maximum absolute atomic E-state index is 6.09. The molecule has 5 heteroatoms. The molecule has 2 rings (SSSR count). The fourth-order valence-electron chi connectivity index (χ4n) is 2.12. The fourth-order valence-corrected chi connectivity index (χ4v) is 2.12. The number of hydrogen-bond acceptors (Lipinski definition) is 5. The standard InChI is InChI=1S/C15H20N4O/c1-3-9-19(10-12-7-5-4-6-8-12)14-13(16)15(20-2)18-11-17-14/h4-8,11H,3,9-10,16H2,1-2H3. The summed E-state index contributed by atoms with van der Waals surface area (Å²) in [6.07, 6.45) is 2.50. The van der Waals surface area contributed by atoms with Gasteiger partial charge >= 0.3 is 0 Å². The van der Waals surface area contributed by atoms with Crippen molar-refractivity contribution in [3.63, 3.8) is 0 Å². The highest BCUT2D eigenvalue weighted by Gasteiger charge is 2.15. The summed E-state index contributed by atoms with van der Waals surface area (Å²) in [4.78, 5) is 10.5. The Kier molecular flexibility index (Phi) is 4.76. The highest BCUT2D eigenvalue weighted by atomic mass is 16.5. The third-order valence-corrected chi connectivity index (χ3v) is 3.03. The predicted molar refractivity (Wildman–Crippen MR) is 80.8 cm³/mol. The Morgan fingerprint density at radius 1 is 1.20 bits per heavy atom. The zero-order valence-electron chi connectivity index (χ0n) is 11.9. The maximum atomic E-state index is 6.09. The minimum atomic E-state index is 0.421. The van der Waals surface area contributed by atoms with E-state index in [0.717, 1.165) is 25.3 Å². The Balaban J connectivity index is 2.29. The first-order valence-electron chi connectivity index (χ1n) is 6.69. The van der Waals surface area contributed by atoms with Crippen LogP contribution in [0.2, 0.25) is 0 Å². The van der Waals surface area contributed by atoms with Crippen molar-refractivity contribution in [3.05, 3.63) is 42.2 Å². The van der Waals surface area contributed by atoms with Crippen LogP contribution in [0.1, 0.15) is 18.9 Å². The van der Waals surface area contributed by atoms with Gasteiger partial charge in [-0.15, -0.1) is 0 Å². The molecule has 0 radical (unpaired) electrons. The van der Waals surface area contributed by atoms with Gasteiger partial charge in [-0.1, -0.05) is 37.3 Å². The Morgan fingerprint density at radius 3 is 2.60 bits per heavy atom. The van der Waals surface area contributed by atoms with Crippen LogP contribution in [0.4, 0.5) is 11.5 Å². The van der Waals surface area contributed by atoms with Gasteiger partial charge < -0.3 is 15.4 Å². The van der Waals surface area contributed by atoms with Gasteiger partial charge in [0.1, 0.15) is 12.0 Å². The molecule has 0 fully saturated rings. The minimum Gasteiger partial charge on any atom is -0.479 e. The van der Waals surface area contributed by atoms with Gasteiger partial charge in [0.05, 0.1) is 7.11 Å². The molecule has 0 aliphatic rings. The lowest BCUT2D eigenvalue weighted by Gasteiger charge is -2.24. The molecular formula is C15H20N4O. The summed E-state index contributed by atoms with van der Waals surface area (Å²) in [5.74, 6) is 1.15. The molecule has 0 bridgehead atoms. The lowest BCUT2D eigenvalue weighted by Crippen LogP contribution is -2.25. The van der Waals surface area contributed by atoms with Crippen molar-refractivity contribution in [1.29, 1.82) is 0 Å². The number of anilines is 2. The molecule has 1 heterocycles. The number of nitrogen functional groups attached to an aromatic ring is 1. The normalized spacial score (nSPS) is 10.3. The Morgan fingerprint density at radius 2 is 1.95 bits per heavy atom. The van der Waals surface area contributed by atoms with Crippen molar-refractivity contribution < 1.29 is 4.74 Å². The molecule has 1 aromatic carbocycles. The average Bonchev–Trinajstić information content (AvgIpc) is 2.48. The second-order valence-corrected chi connectivity index (χ2v) is 4.53. The van der Waals surface area contributed by atoms with E-state index in [2.05, 4.69) is 33.9 Å². The summed E-state index contributed by atoms with van der Waals surface area (Å²) in [5, 5.41) is 0. The van der Waals surface area contributed by atoms with E-state index in [4.69, 9.17) is 10.5 Å². The average molecular weight is 272 g/mol. The first-order valence-corrected chi connectivity index (χ1v) is 6.69. The molecular weight excluding hydrogens is 252 g/mol. The molecule has 1 aromatic heterocycles. The van der Waals surface area contributed by atoms with E-state index in [1.165, 1.54) is 11.9 Å². The number of nitrogens with two attached hydrogens (primary N) is 1. The predicted octanol–water partition coefficient (Wildman–Crippen LogP) is 2.48.